The molecule has 0 aliphatic carbocycles. The molecule has 0 amide bonds. The molecule has 0 aliphatic heterocycles. The highest BCUT2D eigenvalue weighted by Gasteiger charge is 2.29. The van der Waals surface area contributed by atoms with Crippen molar-refractivity contribution in [1.29, 1.82) is 0 Å². The average molecular weight is 314 g/mol. The molecule has 1 unspecified atom stereocenters. The second-order valence-corrected chi connectivity index (χ2v) is 9.12. The van der Waals surface area contributed by atoms with Gasteiger partial charge in [0.1, 0.15) is 0 Å². The summed E-state index contributed by atoms with van der Waals surface area (Å²) in [5, 5.41) is 5.94. The van der Waals surface area contributed by atoms with Crippen molar-refractivity contribution in [2.75, 3.05) is 13.6 Å². The van der Waals surface area contributed by atoms with Crippen LogP contribution in [0.1, 0.15) is 20.8 Å². The summed E-state index contributed by atoms with van der Waals surface area (Å²) >= 11 is 0. The Morgan fingerprint density at radius 1 is 0.909 bits per heavy atom. The van der Waals surface area contributed by atoms with E-state index in [1.807, 2.05) is 7.05 Å². The second-order valence-electron chi connectivity index (χ2n) is 6.75. The van der Waals surface area contributed by atoms with Gasteiger partial charge < -0.3 is 9.74 Å². The lowest BCUT2D eigenvalue weighted by atomic mass is 9.89. The van der Waals surface area contributed by atoms with Gasteiger partial charge in [-0.05, 0) is 22.8 Å². The van der Waals surface area contributed by atoms with Gasteiger partial charge in [-0.1, -0.05) is 81.4 Å². The Kier molecular flexibility index (Phi) is 5.95. The standard InChI is InChI=1S/C19H27NOSi/c1-19(2,3)18(15-20-4)21-22(16-11-7-5-8-12-16)17-13-9-6-10-14-17/h5-14,18,20,22H,15H2,1-4H3. The van der Waals surface area contributed by atoms with E-state index in [1.165, 1.54) is 10.4 Å². The molecule has 22 heavy (non-hydrogen) atoms. The van der Waals surface area contributed by atoms with Crippen molar-refractivity contribution in [2.24, 2.45) is 5.41 Å². The number of benzene rings is 2. The molecule has 2 aromatic rings. The Bertz CT molecular complexity index is 511. The van der Waals surface area contributed by atoms with Crippen LogP contribution in [0, 0.1) is 5.41 Å². The third-order valence-corrected chi connectivity index (χ3v) is 6.44. The highest BCUT2D eigenvalue weighted by Crippen LogP contribution is 2.22. The fraction of sp³-hybridized carbons (Fsp3) is 0.368. The van der Waals surface area contributed by atoms with Gasteiger partial charge in [0.25, 0.3) is 0 Å². The molecule has 1 atom stereocenters. The summed E-state index contributed by atoms with van der Waals surface area (Å²) in [6.45, 7) is 7.61. The lowest BCUT2D eigenvalue weighted by Crippen LogP contribution is -2.51. The quantitative estimate of drug-likeness (QED) is 0.825. The van der Waals surface area contributed by atoms with Crippen LogP contribution >= 0.6 is 0 Å². The van der Waals surface area contributed by atoms with Crippen LogP contribution in [0.4, 0.5) is 0 Å². The van der Waals surface area contributed by atoms with Crippen LogP contribution < -0.4 is 15.7 Å². The van der Waals surface area contributed by atoms with Crippen LogP contribution in [0.5, 0.6) is 0 Å². The number of hydrogen-bond donors (Lipinski definition) is 1. The predicted octanol–water partition coefficient (Wildman–Crippen LogP) is 2.18. The molecular formula is C19H27NOSi. The topological polar surface area (TPSA) is 21.3 Å². The van der Waals surface area contributed by atoms with Gasteiger partial charge in [0.15, 0.2) is 0 Å². The number of likely N-dealkylation sites (N-methyl/N-ethyl adjacent to an activating group) is 1. The summed E-state index contributed by atoms with van der Waals surface area (Å²) in [5.41, 5.74) is 0.109. The summed E-state index contributed by atoms with van der Waals surface area (Å²) < 4.78 is 6.70. The summed E-state index contributed by atoms with van der Waals surface area (Å²) in [7, 11) is 0.310. The Hall–Kier alpha value is -1.42. The minimum atomic E-state index is -1.68. The van der Waals surface area contributed by atoms with Gasteiger partial charge in [-0.25, -0.2) is 0 Å². The summed E-state index contributed by atoms with van der Waals surface area (Å²) in [6, 6.07) is 21.3. The molecule has 0 radical (unpaired) electrons. The Morgan fingerprint density at radius 3 is 1.73 bits per heavy atom. The number of rotatable bonds is 6. The van der Waals surface area contributed by atoms with Crippen LogP contribution in [-0.2, 0) is 4.43 Å². The van der Waals surface area contributed by atoms with Crippen LogP contribution in [0.15, 0.2) is 60.7 Å². The zero-order valence-electron chi connectivity index (χ0n) is 14.0. The minimum Gasteiger partial charge on any atom is -0.406 e. The van der Waals surface area contributed by atoms with Gasteiger partial charge in [0, 0.05) is 6.54 Å². The summed E-state index contributed by atoms with van der Waals surface area (Å²) in [4.78, 5) is 0. The van der Waals surface area contributed by atoms with Crippen molar-refractivity contribution in [2.45, 2.75) is 26.9 Å². The van der Waals surface area contributed by atoms with E-state index in [0.717, 1.165) is 6.54 Å². The van der Waals surface area contributed by atoms with Crippen LogP contribution in [0.25, 0.3) is 0 Å². The van der Waals surface area contributed by atoms with Crippen molar-refractivity contribution in [3.05, 3.63) is 60.7 Å². The molecule has 0 heterocycles. The van der Waals surface area contributed by atoms with E-state index in [0.29, 0.717) is 0 Å². The molecule has 0 fully saturated rings. The monoisotopic (exact) mass is 313 g/mol. The average Bonchev–Trinajstić information content (AvgIpc) is 2.52. The van der Waals surface area contributed by atoms with Crippen molar-refractivity contribution in [3.63, 3.8) is 0 Å². The van der Waals surface area contributed by atoms with E-state index >= 15 is 0 Å². The Labute approximate surface area is 136 Å². The molecule has 118 valence electrons. The smallest absolute Gasteiger partial charge is 0.240 e. The lowest BCUT2D eigenvalue weighted by molar-refractivity contribution is 0.0906. The predicted molar refractivity (Wildman–Crippen MR) is 97.6 cm³/mol. The molecule has 2 nitrogen and oxygen atoms in total. The first-order chi connectivity index (χ1) is 10.5. The van der Waals surface area contributed by atoms with E-state index in [4.69, 9.17) is 4.43 Å². The lowest BCUT2D eigenvalue weighted by Gasteiger charge is -2.34. The van der Waals surface area contributed by atoms with Crippen molar-refractivity contribution < 1.29 is 4.43 Å². The molecule has 0 aliphatic rings. The number of hydrogen-bond acceptors (Lipinski definition) is 2. The van der Waals surface area contributed by atoms with Crippen LogP contribution in [-0.4, -0.2) is 28.7 Å². The van der Waals surface area contributed by atoms with Gasteiger partial charge in [-0.2, -0.15) is 0 Å². The van der Waals surface area contributed by atoms with Crippen molar-refractivity contribution in [1.82, 2.24) is 5.32 Å². The molecule has 0 aromatic heterocycles. The molecule has 0 saturated heterocycles. The molecule has 3 heteroatoms. The van der Waals surface area contributed by atoms with E-state index in [9.17, 15) is 0 Å². The first kappa shape index (κ1) is 16.9. The van der Waals surface area contributed by atoms with E-state index in [2.05, 4.69) is 86.8 Å². The maximum absolute atomic E-state index is 6.70. The van der Waals surface area contributed by atoms with Gasteiger partial charge >= 0.3 is 0 Å². The van der Waals surface area contributed by atoms with E-state index in [1.54, 1.807) is 0 Å². The molecule has 0 spiro atoms. The third kappa shape index (κ3) is 4.53. The van der Waals surface area contributed by atoms with Gasteiger partial charge in [0.2, 0.25) is 9.04 Å². The maximum atomic E-state index is 6.70. The Morgan fingerprint density at radius 2 is 1.36 bits per heavy atom. The molecule has 1 N–H and O–H groups in total. The van der Waals surface area contributed by atoms with Gasteiger partial charge in [-0.3, -0.25) is 0 Å². The summed E-state index contributed by atoms with van der Waals surface area (Å²) in [5.74, 6) is 0. The fourth-order valence-electron chi connectivity index (χ4n) is 2.51. The normalized spacial score (nSPS) is 13.3. The highest BCUT2D eigenvalue weighted by atomic mass is 28.3. The summed E-state index contributed by atoms with van der Waals surface area (Å²) in [6.07, 6.45) is 0.189. The second kappa shape index (κ2) is 7.72. The molecule has 0 saturated carbocycles. The van der Waals surface area contributed by atoms with Crippen LogP contribution in [0.2, 0.25) is 0 Å². The van der Waals surface area contributed by atoms with Crippen molar-refractivity contribution in [3.8, 4) is 0 Å². The minimum absolute atomic E-state index is 0.109. The molecule has 2 rings (SSSR count). The first-order valence-corrected chi connectivity index (χ1v) is 9.55. The fourth-order valence-corrected chi connectivity index (χ4v) is 5.19. The largest absolute Gasteiger partial charge is 0.406 e. The first-order valence-electron chi connectivity index (χ1n) is 7.92. The molecular weight excluding hydrogens is 286 g/mol. The highest BCUT2D eigenvalue weighted by molar-refractivity contribution is 6.80. The zero-order valence-corrected chi connectivity index (χ0v) is 15.2. The van der Waals surface area contributed by atoms with E-state index in [-0.39, 0.29) is 11.5 Å². The number of nitrogens with one attached hydrogen (secondary N) is 1. The van der Waals surface area contributed by atoms with Gasteiger partial charge in [-0.15, -0.1) is 0 Å². The van der Waals surface area contributed by atoms with E-state index < -0.39 is 9.04 Å². The van der Waals surface area contributed by atoms with Gasteiger partial charge in [0.05, 0.1) is 6.10 Å². The molecule has 2 aromatic carbocycles. The van der Waals surface area contributed by atoms with Crippen LogP contribution in [0.3, 0.4) is 0 Å². The third-order valence-electron chi connectivity index (χ3n) is 3.86. The van der Waals surface area contributed by atoms with Crippen molar-refractivity contribution >= 4 is 19.4 Å². The Balaban J connectivity index is 2.33. The zero-order chi connectivity index (χ0) is 16.0. The molecule has 0 bridgehead atoms. The SMILES string of the molecule is CNCC(O[SiH](c1ccccc1)c1ccccc1)C(C)(C)C. The maximum Gasteiger partial charge on any atom is 0.240 e.